The summed E-state index contributed by atoms with van der Waals surface area (Å²) in [5.74, 6) is 0.879. The van der Waals surface area contributed by atoms with Crippen molar-refractivity contribution in [3.8, 4) is 0 Å². The molecule has 2 rings (SSSR count). The standard InChI is InChI=1S/C8H10N2O2S3/c11-7(12)5(6-9-1-3-14-6)10-2-4-15-8(10)13/h9H,1-4H2,(H,11,12). The predicted octanol–water partition coefficient (Wildman–Crippen LogP) is 0.910. The van der Waals surface area contributed by atoms with Crippen LogP contribution in [0.2, 0.25) is 0 Å². The Kier molecular flexibility index (Phi) is 3.42. The third-order valence-corrected chi connectivity index (χ3v) is 4.54. The van der Waals surface area contributed by atoms with Crippen molar-refractivity contribution >= 4 is 46.0 Å². The summed E-state index contributed by atoms with van der Waals surface area (Å²) in [5.41, 5.74) is 0.313. The van der Waals surface area contributed by atoms with Gasteiger partial charge in [-0.25, -0.2) is 4.79 Å². The quantitative estimate of drug-likeness (QED) is 0.566. The van der Waals surface area contributed by atoms with Crippen LogP contribution in [0.15, 0.2) is 10.7 Å². The summed E-state index contributed by atoms with van der Waals surface area (Å²) >= 11 is 8.20. The number of rotatable bonds is 2. The molecule has 2 aliphatic heterocycles. The van der Waals surface area contributed by atoms with E-state index in [-0.39, 0.29) is 0 Å². The minimum Gasteiger partial charge on any atom is -0.476 e. The number of thiocarbonyl (C=S) groups is 1. The first kappa shape index (κ1) is 11.1. The number of nitrogens with one attached hydrogen (secondary N) is 1. The van der Waals surface area contributed by atoms with Crippen LogP contribution in [-0.2, 0) is 4.79 Å². The molecule has 7 heteroatoms. The van der Waals surface area contributed by atoms with E-state index in [9.17, 15) is 9.90 Å². The van der Waals surface area contributed by atoms with Crippen LogP contribution < -0.4 is 5.32 Å². The number of aliphatic carboxylic acids is 1. The zero-order valence-corrected chi connectivity index (χ0v) is 10.3. The average Bonchev–Trinajstić information content (AvgIpc) is 2.79. The summed E-state index contributed by atoms with van der Waals surface area (Å²) in [6.45, 7) is 1.52. The van der Waals surface area contributed by atoms with Crippen molar-refractivity contribution < 1.29 is 9.90 Å². The molecule has 4 nitrogen and oxygen atoms in total. The lowest BCUT2D eigenvalue weighted by atomic mass is 10.4. The topological polar surface area (TPSA) is 52.6 Å². The number of carboxylic acid groups (broad SMARTS) is 1. The van der Waals surface area contributed by atoms with Gasteiger partial charge in [-0.2, -0.15) is 0 Å². The lowest BCUT2D eigenvalue weighted by molar-refractivity contribution is -0.133. The third-order valence-electron chi connectivity index (χ3n) is 2.08. The molecular weight excluding hydrogens is 252 g/mol. The zero-order valence-electron chi connectivity index (χ0n) is 7.86. The number of hydrogen-bond acceptors (Lipinski definition) is 5. The number of hydrogen-bond donors (Lipinski definition) is 2. The molecule has 0 amide bonds. The SMILES string of the molecule is O=C(O)C(=C1NCCS1)N1CCSC1=S. The Labute approximate surface area is 101 Å². The van der Waals surface area contributed by atoms with Gasteiger partial charge < -0.3 is 15.3 Å². The molecule has 0 saturated carbocycles. The van der Waals surface area contributed by atoms with Gasteiger partial charge in [0.15, 0.2) is 5.70 Å². The molecule has 82 valence electrons. The number of carbonyl (C=O) groups is 1. The third kappa shape index (κ3) is 2.24. The van der Waals surface area contributed by atoms with Crippen molar-refractivity contribution in [3.63, 3.8) is 0 Å². The number of nitrogens with zero attached hydrogens (tertiary/aromatic N) is 1. The summed E-state index contributed by atoms with van der Waals surface area (Å²) in [7, 11) is 0. The Bertz CT molecular complexity index is 335. The van der Waals surface area contributed by atoms with E-state index in [4.69, 9.17) is 12.2 Å². The molecule has 0 bridgehead atoms. The molecule has 0 spiro atoms. The van der Waals surface area contributed by atoms with E-state index >= 15 is 0 Å². The highest BCUT2D eigenvalue weighted by Crippen LogP contribution is 2.29. The second kappa shape index (κ2) is 4.63. The molecule has 2 N–H and O–H groups in total. The zero-order chi connectivity index (χ0) is 10.8. The lowest BCUT2D eigenvalue weighted by Crippen LogP contribution is -2.30. The maximum absolute atomic E-state index is 11.2. The smallest absolute Gasteiger partial charge is 0.355 e. The fourth-order valence-electron chi connectivity index (χ4n) is 1.45. The maximum atomic E-state index is 11.2. The molecule has 2 aliphatic rings. The van der Waals surface area contributed by atoms with Crippen LogP contribution in [0.25, 0.3) is 0 Å². The van der Waals surface area contributed by atoms with Crippen molar-refractivity contribution in [2.24, 2.45) is 0 Å². The van der Waals surface area contributed by atoms with Crippen LogP contribution in [0.4, 0.5) is 0 Å². The fourth-order valence-corrected chi connectivity index (χ4v) is 3.62. The number of carboxylic acids is 1. The Morgan fingerprint density at radius 1 is 1.47 bits per heavy atom. The van der Waals surface area contributed by atoms with Gasteiger partial charge in [0.25, 0.3) is 0 Å². The Hall–Kier alpha value is -0.400. The molecule has 0 radical (unpaired) electrons. The first-order chi connectivity index (χ1) is 7.20. The monoisotopic (exact) mass is 262 g/mol. The highest BCUT2D eigenvalue weighted by Gasteiger charge is 2.30. The first-order valence-corrected chi connectivity index (χ1v) is 6.86. The summed E-state index contributed by atoms with van der Waals surface area (Å²) in [5, 5.41) is 13.0. The van der Waals surface area contributed by atoms with Crippen LogP contribution in [0, 0.1) is 0 Å². The Morgan fingerprint density at radius 3 is 2.73 bits per heavy atom. The van der Waals surface area contributed by atoms with E-state index < -0.39 is 5.97 Å². The summed E-state index contributed by atoms with van der Waals surface area (Å²) < 4.78 is 0.661. The normalized spacial score (nSPS) is 24.3. The van der Waals surface area contributed by atoms with E-state index in [1.807, 2.05) is 0 Å². The minimum atomic E-state index is -0.906. The van der Waals surface area contributed by atoms with Crippen LogP contribution in [-0.4, -0.2) is 44.9 Å². The van der Waals surface area contributed by atoms with Gasteiger partial charge in [0.2, 0.25) is 0 Å². The summed E-state index contributed by atoms with van der Waals surface area (Å²) in [4.78, 5) is 12.9. The lowest BCUT2D eigenvalue weighted by Gasteiger charge is -2.19. The maximum Gasteiger partial charge on any atom is 0.355 e. The van der Waals surface area contributed by atoms with Crippen LogP contribution in [0.3, 0.4) is 0 Å². The largest absolute Gasteiger partial charge is 0.476 e. The van der Waals surface area contributed by atoms with Gasteiger partial charge in [-0.15, -0.1) is 11.8 Å². The molecule has 0 unspecified atom stereocenters. The second-order valence-corrected chi connectivity index (χ2v) is 5.86. The van der Waals surface area contributed by atoms with Gasteiger partial charge in [0.05, 0.1) is 0 Å². The van der Waals surface area contributed by atoms with Crippen LogP contribution in [0.5, 0.6) is 0 Å². The van der Waals surface area contributed by atoms with E-state index in [1.54, 1.807) is 16.7 Å². The van der Waals surface area contributed by atoms with Crippen LogP contribution >= 0.6 is 35.7 Å². The Morgan fingerprint density at radius 2 is 2.27 bits per heavy atom. The summed E-state index contributed by atoms with van der Waals surface area (Å²) in [6, 6.07) is 0. The molecule has 0 aromatic carbocycles. The van der Waals surface area contributed by atoms with Crippen molar-refractivity contribution in [1.82, 2.24) is 10.2 Å². The molecule has 15 heavy (non-hydrogen) atoms. The predicted molar refractivity (Wildman–Crippen MR) is 66.9 cm³/mol. The van der Waals surface area contributed by atoms with Crippen molar-refractivity contribution in [1.29, 1.82) is 0 Å². The van der Waals surface area contributed by atoms with Crippen LogP contribution in [0.1, 0.15) is 0 Å². The van der Waals surface area contributed by atoms with Crippen molar-refractivity contribution in [2.75, 3.05) is 24.6 Å². The van der Waals surface area contributed by atoms with Gasteiger partial charge >= 0.3 is 5.97 Å². The molecule has 2 saturated heterocycles. The van der Waals surface area contributed by atoms with Gasteiger partial charge in [0, 0.05) is 24.6 Å². The second-order valence-electron chi connectivity index (χ2n) is 3.02. The van der Waals surface area contributed by atoms with Crippen molar-refractivity contribution in [3.05, 3.63) is 10.7 Å². The molecular formula is C8H10N2O2S3. The van der Waals surface area contributed by atoms with Gasteiger partial charge in [0.1, 0.15) is 9.35 Å². The summed E-state index contributed by atoms with van der Waals surface area (Å²) in [6.07, 6.45) is 0. The molecule has 0 aliphatic carbocycles. The fraction of sp³-hybridized carbons (Fsp3) is 0.500. The van der Waals surface area contributed by atoms with Crippen molar-refractivity contribution in [2.45, 2.75) is 0 Å². The molecule has 0 aromatic heterocycles. The molecule has 0 aromatic rings. The number of thioether (sulfide) groups is 2. The van der Waals surface area contributed by atoms with E-state index in [2.05, 4.69) is 5.32 Å². The Balaban J connectivity index is 2.30. The molecule has 2 heterocycles. The average molecular weight is 262 g/mol. The van der Waals surface area contributed by atoms with E-state index in [1.165, 1.54) is 11.8 Å². The molecule has 0 atom stereocenters. The van der Waals surface area contributed by atoms with E-state index in [0.717, 1.165) is 23.1 Å². The minimum absolute atomic E-state index is 0.313. The highest BCUT2D eigenvalue weighted by atomic mass is 32.2. The van der Waals surface area contributed by atoms with Gasteiger partial charge in [-0.1, -0.05) is 24.0 Å². The first-order valence-electron chi connectivity index (χ1n) is 4.48. The van der Waals surface area contributed by atoms with Gasteiger partial charge in [-0.3, -0.25) is 0 Å². The van der Waals surface area contributed by atoms with Gasteiger partial charge in [-0.05, 0) is 0 Å². The van der Waals surface area contributed by atoms with E-state index in [0.29, 0.717) is 16.6 Å². The highest BCUT2D eigenvalue weighted by molar-refractivity contribution is 8.23. The molecule has 2 fully saturated rings.